The van der Waals surface area contributed by atoms with Gasteiger partial charge in [0.05, 0.1) is 0 Å². The summed E-state index contributed by atoms with van der Waals surface area (Å²) < 4.78 is 0. The molecular weight excluding hydrogens is 260 g/mol. The quantitative estimate of drug-likeness (QED) is 0.871. The van der Waals surface area contributed by atoms with Gasteiger partial charge in [-0.25, -0.2) is 0 Å². The summed E-state index contributed by atoms with van der Waals surface area (Å²) in [6.07, 6.45) is 5.91. The number of carbonyl (C=O) groups excluding carboxylic acids is 1. The number of benzene rings is 1. The fourth-order valence-electron chi connectivity index (χ4n) is 3.35. The second-order valence-electron chi connectivity index (χ2n) is 6.12. The lowest BCUT2D eigenvalue weighted by atomic mass is 9.94. The van der Waals surface area contributed by atoms with Crippen LogP contribution in [0.3, 0.4) is 0 Å². The van der Waals surface area contributed by atoms with Gasteiger partial charge in [-0.05, 0) is 56.2 Å². The van der Waals surface area contributed by atoms with Crippen molar-refractivity contribution in [2.75, 3.05) is 18.0 Å². The minimum Gasteiger partial charge on any atom is -0.330 e. The lowest BCUT2D eigenvalue weighted by Crippen LogP contribution is -2.36. The smallest absolute Gasteiger partial charge is 0.227 e. The van der Waals surface area contributed by atoms with Crippen molar-refractivity contribution in [1.82, 2.24) is 0 Å². The van der Waals surface area contributed by atoms with E-state index in [0.717, 1.165) is 45.2 Å². The molecule has 1 aliphatic rings. The molecule has 1 aromatic carbocycles. The highest BCUT2D eigenvalue weighted by Gasteiger charge is 2.24. The van der Waals surface area contributed by atoms with Gasteiger partial charge in [0.15, 0.2) is 0 Å². The maximum Gasteiger partial charge on any atom is 0.227 e. The van der Waals surface area contributed by atoms with Crippen LogP contribution in [0.2, 0.25) is 0 Å². The predicted molar refractivity (Wildman–Crippen MR) is 88.5 cm³/mol. The number of aryl methyl sites for hydroxylation is 2. The Hall–Kier alpha value is -1.35. The molecule has 21 heavy (non-hydrogen) atoms. The van der Waals surface area contributed by atoms with Crippen LogP contribution < -0.4 is 10.6 Å². The second kappa shape index (κ2) is 7.60. The molecule has 3 heteroatoms. The number of carbonyl (C=O) groups is 1. The van der Waals surface area contributed by atoms with Crippen LogP contribution in [0.1, 0.15) is 50.2 Å². The van der Waals surface area contributed by atoms with Crippen molar-refractivity contribution in [3.63, 3.8) is 0 Å². The lowest BCUT2D eigenvalue weighted by Gasteiger charge is -2.31. The van der Waals surface area contributed by atoms with Gasteiger partial charge in [0, 0.05) is 18.7 Å². The van der Waals surface area contributed by atoms with Crippen molar-refractivity contribution in [2.24, 2.45) is 11.7 Å². The Kier molecular flexibility index (Phi) is 5.80. The van der Waals surface area contributed by atoms with Crippen molar-refractivity contribution >= 4 is 11.6 Å². The Morgan fingerprint density at radius 2 is 2.19 bits per heavy atom. The number of nitrogens with two attached hydrogens (primary N) is 1. The fourth-order valence-corrected chi connectivity index (χ4v) is 3.35. The first-order valence-corrected chi connectivity index (χ1v) is 8.26. The first kappa shape index (κ1) is 16.0. The molecule has 0 fully saturated rings. The summed E-state index contributed by atoms with van der Waals surface area (Å²) in [5.41, 5.74) is 9.35. The molecule has 2 N–H and O–H groups in total. The van der Waals surface area contributed by atoms with Gasteiger partial charge in [-0.3, -0.25) is 4.79 Å². The molecule has 0 saturated carbocycles. The summed E-state index contributed by atoms with van der Waals surface area (Å²) in [6, 6.07) is 6.36. The lowest BCUT2D eigenvalue weighted by molar-refractivity contribution is -0.119. The highest BCUT2D eigenvalue weighted by molar-refractivity contribution is 5.95. The van der Waals surface area contributed by atoms with Crippen LogP contribution in [-0.4, -0.2) is 19.0 Å². The third-order valence-electron chi connectivity index (χ3n) is 4.64. The molecule has 0 aliphatic carbocycles. The summed E-state index contributed by atoms with van der Waals surface area (Å²) in [6.45, 7) is 5.88. The molecule has 0 aromatic heterocycles. The topological polar surface area (TPSA) is 46.3 Å². The Morgan fingerprint density at radius 3 is 2.90 bits per heavy atom. The number of amides is 1. The monoisotopic (exact) mass is 288 g/mol. The molecule has 1 aliphatic heterocycles. The van der Waals surface area contributed by atoms with Gasteiger partial charge in [0.1, 0.15) is 0 Å². The third kappa shape index (κ3) is 3.85. The van der Waals surface area contributed by atoms with Gasteiger partial charge < -0.3 is 10.6 Å². The number of nitrogens with zero attached hydrogens (tertiary/aromatic N) is 1. The summed E-state index contributed by atoms with van der Waals surface area (Å²) in [5.74, 6) is 0.862. The van der Waals surface area contributed by atoms with E-state index in [1.54, 1.807) is 0 Å². The van der Waals surface area contributed by atoms with Crippen LogP contribution in [0.15, 0.2) is 18.2 Å². The van der Waals surface area contributed by atoms with Crippen molar-refractivity contribution in [3.05, 3.63) is 29.3 Å². The van der Waals surface area contributed by atoms with Crippen LogP contribution in [0.5, 0.6) is 0 Å². The zero-order valence-electron chi connectivity index (χ0n) is 13.4. The van der Waals surface area contributed by atoms with Crippen molar-refractivity contribution in [3.8, 4) is 0 Å². The van der Waals surface area contributed by atoms with Crippen molar-refractivity contribution in [1.29, 1.82) is 0 Å². The molecule has 116 valence electrons. The van der Waals surface area contributed by atoms with E-state index < -0.39 is 0 Å². The van der Waals surface area contributed by atoms with E-state index in [2.05, 4.69) is 32.0 Å². The molecule has 3 nitrogen and oxygen atoms in total. The SMILES string of the molecule is CCC(CCN)CCC(=O)N1CCCc2cccc(C)c21. The molecule has 1 amide bonds. The molecule has 0 radical (unpaired) electrons. The van der Waals surface area contributed by atoms with E-state index >= 15 is 0 Å². The van der Waals surface area contributed by atoms with Gasteiger partial charge in [0.2, 0.25) is 5.91 Å². The molecule has 1 unspecified atom stereocenters. The van der Waals surface area contributed by atoms with E-state index in [0.29, 0.717) is 12.3 Å². The van der Waals surface area contributed by atoms with E-state index in [4.69, 9.17) is 5.73 Å². The third-order valence-corrected chi connectivity index (χ3v) is 4.64. The summed E-state index contributed by atoms with van der Waals surface area (Å²) in [4.78, 5) is 14.6. The number of fused-ring (bicyclic) bond motifs is 1. The van der Waals surface area contributed by atoms with Crippen LogP contribution in [0, 0.1) is 12.8 Å². The zero-order valence-corrected chi connectivity index (χ0v) is 13.4. The fraction of sp³-hybridized carbons (Fsp3) is 0.611. The molecular formula is C18H28N2O. The Bertz CT molecular complexity index is 484. The maximum atomic E-state index is 12.6. The molecule has 1 atom stereocenters. The van der Waals surface area contributed by atoms with Crippen LogP contribution in [0.25, 0.3) is 0 Å². The van der Waals surface area contributed by atoms with Gasteiger partial charge in [-0.2, -0.15) is 0 Å². The van der Waals surface area contributed by atoms with E-state index in [1.807, 2.05) is 4.90 Å². The minimum atomic E-state index is 0.278. The number of hydrogen-bond acceptors (Lipinski definition) is 2. The van der Waals surface area contributed by atoms with Gasteiger partial charge in [0.25, 0.3) is 0 Å². The second-order valence-corrected chi connectivity index (χ2v) is 6.12. The molecule has 1 heterocycles. The van der Waals surface area contributed by atoms with Gasteiger partial charge >= 0.3 is 0 Å². The summed E-state index contributed by atoms with van der Waals surface area (Å²) >= 11 is 0. The predicted octanol–water partition coefficient (Wildman–Crippen LogP) is 3.43. The Balaban J connectivity index is 2.04. The van der Waals surface area contributed by atoms with Crippen LogP contribution in [0.4, 0.5) is 5.69 Å². The number of anilines is 1. The van der Waals surface area contributed by atoms with E-state index in [1.165, 1.54) is 16.8 Å². The Labute approximate surface area is 128 Å². The Morgan fingerprint density at radius 1 is 1.38 bits per heavy atom. The molecule has 2 rings (SSSR count). The highest BCUT2D eigenvalue weighted by atomic mass is 16.2. The zero-order chi connectivity index (χ0) is 15.2. The molecule has 0 saturated heterocycles. The maximum absolute atomic E-state index is 12.6. The average Bonchev–Trinajstić information content (AvgIpc) is 2.51. The summed E-state index contributed by atoms with van der Waals surface area (Å²) in [7, 11) is 0. The van der Waals surface area contributed by atoms with Gasteiger partial charge in [-0.1, -0.05) is 31.5 Å². The number of para-hydroxylation sites is 1. The standard InChI is InChI=1S/C18H28N2O/c1-3-15(11-12-19)9-10-17(21)20-13-5-8-16-7-4-6-14(2)18(16)20/h4,6-7,15H,3,5,8-13,19H2,1-2H3. The molecule has 0 spiro atoms. The van der Waals surface area contributed by atoms with E-state index in [9.17, 15) is 4.79 Å². The largest absolute Gasteiger partial charge is 0.330 e. The van der Waals surface area contributed by atoms with Gasteiger partial charge in [-0.15, -0.1) is 0 Å². The van der Waals surface area contributed by atoms with Crippen molar-refractivity contribution in [2.45, 2.75) is 52.4 Å². The highest BCUT2D eigenvalue weighted by Crippen LogP contribution is 2.31. The average molecular weight is 288 g/mol. The van der Waals surface area contributed by atoms with E-state index in [-0.39, 0.29) is 5.91 Å². The number of rotatable bonds is 6. The van der Waals surface area contributed by atoms with Crippen molar-refractivity contribution < 1.29 is 4.79 Å². The normalized spacial score (nSPS) is 15.7. The molecule has 0 bridgehead atoms. The van der Waals surface area contributed by atoms with Crippen LogP contribution >= 0.6 is 0 Å². The minimum absolute atomic E-state index is 0.278. The first-order chi connectivity index (χ1) is 10.2. The van der Waals surface area contributed by atoms with Crippen LogP contribution in [-0.2, 0) is 11.2 Å². The molecule has 1 aromatic rings. The summed E-state index contributed by atoms with van der Waals surface area (Å²) in [5, 5.41) is 0. The number of hydrogen-bond donors (Lipinski definition) is 1. The first-order valence-electron chi connectivity index (χ1n) is 8.26.